The summed E-state index contributed by atoms with van der Waals surface area (Å²) in [6.45, 7) is 6.53. The van der Waals surface area contributed by atoms with Crippen molar-refractivity contribution >= 4 is 5.91 Å². The Morgan fingerprint density at radius 2 is 1.63 bits per heavy atom. The van der Waals surface area contributed by atoms with Crippen molar-refractivity contribution in [1.29, 1.82) is 0 Å². The molecule has 0 bridgehead atoms. The number of hydrogen-bond donors (Lipinski definition) is 1. The summed E-state index contributed by atoms with van der Waals surface area (Å²) in [7, 11) is 0. The molecule has 0 spiro atoms. The van der Waals surface area contributed by atoms with Crippen LogP contribution in [0, 0.1) is 0 Å². The van der Waals surface area contributed by atoms with E-state index >= 15 is 0 Å². The van der Waals surface area contributed by atoms with Crippen molar-refractivity contribution in [1.82, 2.24) is 10.2 Å². The molecule has 1 aliphatic heterocycles. The van der Waals surface area contributed by atoms with Crippen LogP contribution >= 0.6 is 0 Å². The number of rotatable bonds is 11. The largest absolute Gasteiger partial charge is 0.355 e. The summed E-state index contributed by atoms with van der Waals surface area (Å²) < 4.78 is 0. The van der Waals surface area contributed by atoms with Crippen LogP contribution in [0.15, 0.2) is 0 Å². The molecule has 1 heterocycles. The first kappa shape index (κ1) is 16.5. The van der Waals surface area contributed by atoms with Gasteiger partial charge < -0.3 is 10.2 Å². The van der Waals surface area contributed by atoms with Crippen molar-refractivity contribution in [2.75, 3.05) is 26.2 Å². The Bertz CT molecular complexity index is 225. The highest BCUT2D eigenvalue weighted by Crippen LogP contribution is 2.08. The van der Waals surface area contributed by atoms with Gasteiger partial charge in [-0.15, -0.1) is 0 Å². The fourth-order valence-electron chi connectivity index (χ4n) is 2.69. The van der Waals surface area contributed by atoms with Crippen LogP contribution in [0.25, 0.3) is 0 Å². The van der Waals surface area contributed by atoms with Gasteiger partial charge in [0.05, 0.1) is 0 Å². The number of amides is 1. The van der Waals surface area contributed by atoms with Gasteiger partial charge in [-0.25, -0.2) is 0 Å². The minimum Gasteiger partial charge on any atom is -0.355 e. The lowest BCUT2D eigenvalue weighted by Gasteiger charge is -2.14. The van der Waals surface area contributed by atoms with Gasteiger partial charge in [-0.05, 0) is 32.4 Å². The third kappa shape index (κ3) is 9.04. The van der Waals surface area contributed by atoms with E-state index in [1.807, 2.05) is 0 Å². The molecule has 1 N–H and O–H groups in total. The summed E-state index contributed by atoms with van der Waals surface area (Å²) >= 11 is 0. The van der Waals surface area contributed by atoms with E-state index in [0.29, 0.717) is 6.42 Å². The minimum absolute atomic E-state index is 0.243. The molecule has 0 aromatic rings. The molecule has 0 saturated carbocycles. The molecule has 0 aromatic carbocycles. The van der Waals surface area contributed by atoms with Gasteiger partial charge in [0.2, 0.25) is 5.91 Å². The second-order valence-electron chi connectivity index (χ2n) is 5.77. The average molecular weight is 268 g/mol. The molecule has 1 fully saturated rings. The van der Waals surface area contributed by atoms with Crippen molar-refractivity contribution in [3.63, 3.8) is 0 Å². The van der Waals surface area contributed by atoms with Gasteiger partial charge in [0.25, 0.3) is 0 Å². The molecule has 1 amide bonds. The molecule has 0 unspecified atom stereocenters. The lowest BCUT2D eigenvalue weighted by atomic mass is 10.1. The normalized spacial score (nSPS) is 15.8. The zero-order chi connectivity index (χ0) is 13.8. The highest BCUT2D eigenvalue weighted by Gasteiger charge is 2.10. The van der Waals surface area contributed by atoms with Crippen LogP contribution in [-0.2, 0) is 4.79 Å². The van der Waals surface area contributed by atoms with Crippen molar-refractivity contribution in [2.24, 2.45) is 0 Å². The Labute approximate surface area is 119 Å². The Kier molecular flexibility index (Phi) is 9.78. The topological polar surface area (TPSA) is 32.3 Å². The predicted octanol–water partition coefficient (Wildman–Crippen LogP) is 3.34. The fourth-order valence-corrected chi connectivity index (χ4v) is 2.69. The molecular formula is C16H32N2O. The first-order valence-electron chi connectivity index (χ1n) is 8.32. The Balaban J connectivity index is 1.82. The van der Waals surface area contributed by atoms with E-state index < -0.39 is 0 Å². The zero-order valence-electron chi connectivity index (χ0n) is 12.8. The van der Waals surface area contributed by atoms with E-state index in [9.17, 15) is 4.79 Å². The summed E-state index contributed by atoms with van der Waals surface area (Å²) in [5, 5.41) is 3.04. The average Bonchev–Trinajstić information content (AvgIpc) is 2.91. The molecule has 3 nitrogen and oxygen atoms in total. The summed E-state index contributed by atoms with van der Waals surface area (Å²) in [4.78, 5) is 14.1. The van der Waals surface area contributed by atoms with Gasteiger partial charge in [-0.3, -0.25) is 4.79 Å². The number of carbonyl (C=O) groups is 1. The minimum atomic E-state index is 0.243. The Morgan fingerprint density at radius 3 is 2.32 bits per heavy atom. The van der Waals surface area contributed by atoms with Crippen molar-refractivity contribution in [2.45, 2.75) is 71.1 Å². The quantitative estimate of drug-likeness (QED) is 0.583. The van der Waals surface area contributed by atoms with Crippen LogP contribution < -0.4 is 5.32 Å². The first-order chi connectivity index (χ1) is 9.33. The monoisotopic (exact) mass is 268 g/mol. The number of likely N-dealkylation sites (tertiary alicyclic amines) is 1. The summed E-state index contributed by atoms with van der Waals surface area (Å²) in [6, 6.07) is 0. The van der Waals surface area contributed by atoms with Crippen molar-refractivity contribution < 1.29 is 4.79 Å². The molecule has 0 aliphatic carbocycles. The first-order valence-corrected chi connectivity index (χ1v) is 8.32. The number of nitrogens with one attached hydrogen (secondary N) is 1. The smallest absolute Gasteiger partial charge is 0.220 e. The number of unbranched alkanes of at least 4 members (excludes halogenated alkanes) is 6. The van der Waals surface area contributed by atoms with E-state index in [0.717, 1.165) is 19.5 Å². The van der Waals surface area contributed by atoms with Crippen LogP contribution in [0.5, 0.6) is 0 Å². The number of hydrogen-bond acceptors (Lipinski definition) is 2. The van der Waals surface area contributed by atoms with Gasteiger partial charge in [-0.2, -0.15) is 0 Å². The molecule has 1 saturated heterocycles. The molecule has 1 rings (SSSR count). The molecule has 0 aromatic heterocycles. The summed E-state index contributed by atoms with van der Waals surface area (Å²) in [5.74, 6) is 0.243. The predicted molar refractivity (Wildman–Crippen MR) is 81.3 cm³/mol. The molecular weight excluding hydrogens is 236 g/mol. The van der Waals surface area contributed by atoms with Crippen molar-refractivity contribution in [3.05, 3.63) is 0 Å². The molecule has 112 valence electrons. The Hall–Kier alpha value is -0.570. The molecule has 3 heteroatoms. The van der Waals surface area contributed by atoms with Crippen LogP contribution in [-0.4, -0.2) is 37.0 Å². The van der Waals surface area contributed by atoms with Crippen LogP contribution in [0.4, 0.5) is 0 Å². The van der Waals surface area contributed by atoms with Gasteiger partial charge in [0.1, 0.15) is 0 Å². The standard InChI is InChI=1S/C16H32N2O/c1-2-3-4-5-6-7-8-11-16(19)17-12-15-18-13-9-10-14-18/h2-15H2,1H3,(H,17,19). The van der Waals surface area contributed by atoms with E-state index in [-0.39, 0.29) is 5.91 Å². The van der Waals surface area contributed by atoms with E-state index in [4.69, 9.17) is 0 Å². The van der Waals surface area contributed by atoms with Crippen LogP contribution in [0.3, 0.4) is 0 Å². The van der Waals surface area contributed by atoms with Gasteiger partial charge in [0.15, 0.2) is 0 Å². The van der Waals surface area contributed by atoms with Gasteiger partial charge in [0, 0.05) is 19.5 Å². The highest BCUT2D eigenvalue weighted by molar-refractivity contribution is 5.75. The second kappa shape index (κ2) is 11.3. The lowest BCUT2D eigenvalue weighted by molar-refractivity contribution is -0.121. The van der Waals surface area contributed by atoms with Gasteiger partial charge in [-0.1, -0.05) is 45.4 Å². The SMILES string of the molecule is CCCCCCCCCC(=O)NCCN1CCCC1. The van der Waals surface area contributed by atoms with Crippen LogP contribution in [0.2, 0.25) is 0 Å². The zero-order valence-corrected chi connectivity index (χ0v) is 12.8. The maximum atomic E-state index is 11.6. The second-order valence-corrected chi connectivity index (χ2v) is 5.77. The molecule has 0 atom stereocenters. The number of nitrogens with zero attached hydrogens (tertiary/aromatic N) is 1. The van der Waals surface area contributed by atoms with Crippen molar-refractivity contribution in [3.8, 4) is 0 Å². The van der Waals surface area contributed by atoms with E-state index in [1.165, 1.54) is 64.5 Å². The maximum absolute atomic E-state index is 11.6. The third-order valence-corrected chi connectivity index (χ3v) is 3.96. The summed E-state index contributed by atoms with van der Waals surface area (Å²) in [5.41, 5.74) is 0. The van der Waals surface area contributed by atoms with Crippen LogP contribution in [0.1, 0.15) is 71.1 Å². The number of carbonyl (C=O) groups excluding carboxylic acids is 1. The van der Waals surface area contributed by atoms with E-state index in [1.54, 1.807) is 0 Å². The lowest BCUT2D eigenvalue weighted by Crippen LogP contribution is -2.33. The van der Waals surface area contributed by atoms with Gasteiger partial charge >= 0.3 is 0 Å². The van der Waals surface area contributed by atoms with E-state index in [2.05, 4.69) is 17.1 Å². The molecule has 19 heavy (non-hydrogen) atoms. The Morgan fingerprint density at radius 1 is 1.00 bits per heavy atom. The molecule has 1 aliphatic rings. The maximum Gasteiger partial charge on any atom is 0.220 e. The molecule has 0 radical (unpaired) electrons. The highest BCUT2D eigenvalue weighted by atomic mass is 16.1. The third-order valence-electron chi connectivity index (χ3n) is 3.96. The summed E-state index contributed by atoms with van der Waals surface area (Å²) in [6.07, 6.45) is 12.3. The fraction of sp³-hybridized carbons (Fsp3) is 0.938.